The van der Waals surface area contributed by atoms with E-state index in [0.29, 0.717) is 22.6 Å². The zero-order valence-electron chi connectivity index (χ0n) is 11.9. The molecule has 3 rings (SSSR count). The Hall–Kier alpha value is -3.15. The number of amides is 1. The molecule has 0 bridgehead atoms. The van der Waals surface area contributed by atoms with Crippen LogP contribution >= 0.6 is 0 Å². The van der Waals surface area contributed by atoms with Crippen molar-refractivity contribution in [3.05, 3.63) is 54.1 Å². The summed E-state index contributed by atoms with van der Waals surface area (Å²) in [5, 5.41) is 7.51. The summed E-state index contributed by atoms with van der Waals surface area (Å²) in [7, 11) is 0. The lowest BCUT2D eigenvalue weighted by atomic mass is 10.1. The van der Waals surface area contributed by atoms with E-state index in [-0.39, 0.29) is 5.78 Å². The number of rotatable bonds is 2. The number of carbonyl (C=O) groups is 2. The summed E-state index contributed by atoms with van der Waals surface area (Å²) in [4.78, 5) is 23.6. The van der Waals surface area contributed by atoms with Crippen LogP contribution in [-0.4, -0.2) is 21.6 Å². The van der Waals surface area contributed by atoms with E-state index in [4.69, 9.17) is 5.73 Å². The fourth-order valence-electron chi connectivity index (χ4n) is 2.21. The highest BCUT2D eigenvalue weighted by Gasteiger charge is 2.13. The molecule has 0 unspecified atom stereocenters. The Labute approximate surface area is 126 Å². The predicted octanol–water partition coefficient (Wildman–Crippen LogP) is 2.90. The minimum absolute atomic E-state index is 0.0243. The molecule has 1 aromatic heterocycles. The van der Waals surface area contributed by atoms with Crippen molar-refractivity contribution in [1.29, 1.82) is 0 Å². The zero-order valence-corrected chi connectivity index (χ0v) is 11.9. The molecular formula is C16H14N4O2. The Kier molecular flexibility index (Phi) is 3.34. The second-order valence-corrected chi connectivity index (χ2v) is 4.88. The molecule has 6 nitrogen and oxygen atoms in total. The van der Waals surface area contributed by atoms with Crippen LogP contribution in [0.2, 0.25) is 0 Å². The predicted molar refractivity (Wildman–Crippen MR) is 85.0 cm³/mol. The van der Waals surface area contributed by atoms with Crippen molar-refractivity contribution in [2.75, 3.05) is 11.1 Å². The van der Waals surface area contributed by atoms with Gasteiger partial charge in [0.05, 0.1) is 5.52 Å². The van der Waals surface area contributed by atoms with Crippen LogP contribution in [0.4, 0.5) is 16.3 Å². The van der Waals surface area contributed by atoms with Crippen LogP contribution in [0, 0.1) is 0 Å². The molecule has 1 amide bonds. The number of para-hydroxylation sites is 1. The van der Waals surface area contributed by atoms with E-state index >= 15 is 0 Å². The zero-order chi connectivity index (χ0) is 15.7. The molecule has 110 valence electrons. The first-order chi connectivity index (χ1) is 10.6. The Morgan fingerprint density at radius 3 is 2.45 bits per heavy atom. The van der Waals surface area contributed by atoms with Crippen molar-refractivity contribution < 1.29 is 9.59 Å². The Balaban J connectivity index is 1.89. The lowest BCUT2D eigenvalue weighted by Gasteiger charge is -2.06. The van der Waals surface area contributed by atoms with Gasteiger partial charge in [0.15, 0.2) is 11.6 Å². The number of Topliss-reactive ketones (excluding diaryl/α,β-unsaturated/α-hetero) is 1. The number of ketones is 1. The number of carbonyl (C=O) groups excluding carboxylic acids is 2. The van der Waals surface area contributed by atoms with E-state index in [9.17, 15) is 9.59 Å². The van der Waals surface area contributed by atoms with Crippen LogP contribution in [0.15, 0.2) is 48.5 Å². The van der Waals surface area contributed by atoms with E-state index in [1.54, 1.807) is 30.3 Å². The summed E-state index contributed by atoms with van der Waals surface area (Å²) in [6.45, 7) is 1.49. The molecule has 0 atom stereocenters. The lowest BCUT2D eigenvalue weighted by Crippen LogP contribution is -2.20. The quantitative estimate of drug-likeness (QED) is 0.711. The normalized spacial score (nSPS) is 10.6. The number of aromatic nitrogens is 2. The molecule has 6 heteroatoms. The second kappa shape index (κ2) is 5.33. The SMILES string of the molecule is CC(=O)c1ccc(NC(=O)n2nc(N)c3ccccc32)cc1. The number of benzene rings is 2. The smallest absolute Gasteiger partial charge is 0.347 e. The fourth-order valence-corrected chi connectivity index (χ4v) is 2.21. The lowest BCUT2D eigenvalue weighted by molar-refractivity contribution is 0.101. The molecule has 0 radical (unpaired) electrons. The van der Waals surface area contributed by atoms with Crippen molar-refractivity contribution in [1.82, 2.24) is 9.78 Å². The molecule has 2 aromatic carbocycles. The molecule has 0 saturated heterocycles. The maximum absolute atomic E-state index is 12.3. The Morgan fingerprint density at radius 1 is 1.09 bits per heavy atom. The molecule has 0 fully saturated rings. The average Bonchev–Trinajstić information content (AvgIpc) is 2.86. The van der Waals surface area contributed by atoms with Crippen molar-refractivity contribution in [3.8, 4) is 0 Å². The highest BCUT2D eigenvalue weighted by Crippen LogP contribution is 2.20. The van der Waals surface area contributed by atoms with Crippen molar-refractivity contribution in [3.63, 3.8) is 0 Å². The molecule has 3 aromatic rings. The maximum Gasteiger partial charge on any atom is 0.347 e. The first-order valence-electron chi connectivity index (χ1n) is 6.72. The van der Waals surface area contributed by atoms with Gasteiger partial charge in [-0.2, -0.15) is 4.68 Å². The molecule has 22 heavy (non-hydrogen) atoms. The van der Waals surface area contributed by atoms with Gasteiger partial charge in [-0.3, -0.25) is 4.79 Å². The van der Waals surface area contributed by atoms with Gasteiger partial charge in [0.2, 0.25) is 0 Å². The minimum Gasteiger partial charge on any atom is -0.382 e. The van der Waals surface area contributed by atoms with Gasteiger partial charge in [-0.15, -0.1) is 5.10 Å². The number of fused-ring (bicyclic) bond motifs is 1. The molecule has 1 heterocycles. The number of anilines is 2. The van der Waals surface area contributed by atoms with Crippen molar-refractivity contribution in [2.45, 2.75) is 6.92 Å². The number of nitrogen functional groups attached to an aromatic ring is 1. The second-order valence-electron chi connectivity index (χ2n) is 4.88. The van der Waals surface area contributed by atoms with Gasteiger partial charge in [0.1, 0.15) is 0 Å². The summed E-state index contributed by atoms with van der Waals surface area (Å²) in [6.07, 6.45) is 0. The number of nitrogens with one attached hydrogen (secondary N) is 1. The van der Waals surface area contributed by atoms with E-state index in [1.807, 2.05) is 18.2 Å². The standard InChI is InChI=1S/C16H14N4O2/c1-10(21)11-6-8-12(9-7-11)18-16(22)20-14-5-3-2-4-13(14)15(17)19-20/h2-9H,1H3,(H2,17,19)(H,18,22). The monoisotopic (exact) mass is 294 g/mol. The molecule has 0 aliphatic carbocycles. The third-order valence-corrected chi connectivity index (χ3v) is 3.35. The van der Waals surface area contributed by atoms with Gasteiger partial charge in [0.25, 0.3) is 0 Å². The van der Waals surface area contributed by atoms with Gasteiger partial charge in [0, 0.05) is 16.6 Å². The molecular weight excluding hydrogens is 280 g/mol. The van der Waals surface area contributed by atoms with Gasteiger partial charge in [-0.05, 0) is 43.3 Å². The fraction of sp³-hybridized carbons (Fsp3) is 0.0625. The van der Waals surface area contributed by atoms with Crippen LogP contribution < -0.4 is 11.1 Å². The summed E-state index contributed by atoms with van der Waals surface area (Å²) in [6, 6.07) is 13.5. The first-order valence-corrected chi connectivity index (χ1v) is 6.72. The van der Waals surface area contributed by atoms with Crippen LogP contribution in [0.25, 0.3) is 10.9 Å². The number of nitrogens with two attached hydrogens (primary N) is 1. The Bertz CT molecular complexity index is 865. The van der Waals surface area contributed by atoms with E-state index in [1.165, 1.54) is 11.6 Å². The Morgan fingerprint density at radius 2 is 1.77 bits per heavy atom. The van der Waals surface area contributed by atoms with Gasteiger partial charge in [-0.1, -0.05) is 12.1 Å². The minimum atomic E-state index is -0.413. The van der Waals surface area contributed by atoms with Crippen LogP contribution in [-0.2, 0) is 0 Å². The van der Waals surface area contributed by atoms with E-state index < -0.39 is 6.03 Å². The summed E-state index contributed by atoms with van der Waals surface area (Å²) >= 11 is 0. The summed E-state index contributed by atoms with van der Waals surface area (Å²) < 4.78 is 1.23. The van der Waals surface area contributed by atoms with Gasteiger partial charge >= 0.3 is 6.03 Å². The topological polar surface area (TPSA) is 90.0 Å². The first kappa shape index (κ1) is 13.8. The number of hydrogen-bond donors (Lipinski definition) is 2. The number of nitrogens with zero attached hydrogens (tertiary/aromatic N) is 2. The molecule has 0 saturated carbocycles. The third kappa shape index (κ3) is 2.42. The molecule has 3 N–H and O–H groups in total. The van der Waals surface area contributed by atoms with Gasteiger partial charge in [-0.25, -0.2) is 4.79 Å². The molecule has 0 spiro atoms. The van der Waals surface area contributed by atoms with E-state index in [0.717, 1.165) is 5.39 Å². The highest BCUT2D eigenvalue weighted by atomic mass is 16.2. The average molecular weight is 294 g/mol. The van der Waals surface area contributed by atoms with E-state index in [2.05, 4.69) is 10.4 Å². The number of hydrogen-bond acceptors (Lipinski definition) is 4. The van der Waals surface area contributed by atoms with Crippen LogP contribution in [0.5, 0.6) is 0 Å². The summed E-state index contributed by atoms with van der Waals surface area (Å²) in [5.41, 5.74) is 7.62. The summed E-state index contributed by atoms with van der Waals surface area (Å²) in [5.74, 6) is 0.279. The largest absolute Gasteiger partial charge is 0.382 e. The maximum atomic E-state index is 12.3. The highest BCUT2D eigenvalue weighted by molar-refractivity contribution is 6.01. The molecule has 0 aliphatic rings. The van der Waals surface area contributed by atoms with Crippen molar-refractivity contribution in [2.24, 2.45) is 0 Å². The van der Waals surface area contributed by atoms with Gasteiger partial charge < -0.3 is 11.1 Å². The van der Waals surface area contributed by atoms with Crippen LogP contribution in [0.3, 0.4) is 0 Å². The third-order valence-electron chi connectivity index (χ3n) is 3.35. The van der Waals surface area contributed by atoms with Crippen LogP contribution in [0.1, 0.15) is 17.3 Å². The van der Waals surface area contributed by atoms with Crippen molar-refractivity contribution >= 4 is 34.2 Å². The molecule has 0 aliphatic heterocycles.